The molecule has 0 aliphatic carbocycles. The van der Waals surface area contributed by atoms with Crippen LogP contribution in [0.15, 0.2) is 54.6 Å². The fourth-order valence-electron chi connectivity index (χ4n) is 5.75. The van der Waals surface area contributed by atoms with Crippen LogP contribution in [-0.2, 0) is 20.7 Å². The van der Waals surface area contributed by atoms with E-state index in [-0.39, 0.29) is 11.8 Å². The molecule has 2 aromatic carbocycles. The molecule has 0 radical (unpaired) electrons. The molecule has 3 aliphatic heterocycles. The smallest absolute Gasteiger partial charge is 0.250 e. The molecule has 3 aliphatic rings. The van der Waals surface area contributed by atoms with Crippen molar-refractivity contribution >= 4 is 29.1 Å². The Balaban J connectivity index is 1.26. The average Bonchev–Trinajstić information content (AvgIpc) is 3.20. The lowest BCUT2D eigenvalue weighted by atomic mass is 9.85. The number of piperidine rings is 1. The normalized spacial score (nSPS) is 21.0. The first kappa shape index (κ1) is 26.0. The quantitative estimate of drug-likeness (QED) is 0.597. The number of amides is 2. The molecule has 0 bridgehead atoms. The molecule has 8 nitrogen and oxygen atoms in total. The number of morpholine rings is 1. The molecule has 2 N–H and O–H groups in total. The highest BCUT2D eigenvalue weighted by molar-refractivity contribution is 6.30. The summed E-state index contributed by atoms with van der Waals surface area (Å²) in [6, 6.07) is 17.0. The number of hydrogen-bond donors (Lipinski definition) is 1. The van der Waals surface area contributed by atoms with Gasteiger partial charge in [0, 0.05) is 50.0 Å². The van der Waals surface area contributed by atoms with Gasteiger partial charge in [0.2, 0.25) is 11.8 Å². The molecule has 0 unspecified atom stereocenters. The van der Waals surface area contributed by atoms with Crippen LogP contribution in [0.4, 0.5) is 5.69 Å². The molecule has 2 aromatic rings. The average molecular weight is 526 g/mol. The summed E-state index contributed by atoms with van der Waals surface area (Å²) in [5.41, 5.74) is 7.71. The van der Waals surface area contributed by atoms with Crippen molar-refractivity contribution in [2.75, 3.05) is 64.1 Å². The molecule has 2 amide bonds. The first-order chi connectivity index (χ1) is 18.0. The van der Waals surface area contributed by atoms with E-state index in [0.29, 0.717) is 50.6 Å². The number of nitrogens with zero attached hydrogens (tertiary/aromatic N) is 4. The van der Waals surface area contributed by atoms with Crippen molar-refractivity contribution in [2.24, 2.45) is 5.73 Å². The summed E-state index contributed by atoms with van der Waals surface area (Å²) in [7, 11) is 0. The van der Waals surface area contributed by atoms with Gasteiger partial charge in [0.05, 0.1) is 25.9 Å². The number of carbonyl (C=O) groups excluding carboxylic acids is 2. The van der Waals surface area contributed by atoms with E-state index in [9.17, 15) is 9.59 Å². The number of anilines is 1. The second kappa shape index (κ2) is 11.4. The van der Waals surface area contributed by atoms with Gasteiger partial charge < -0.3 is 25.2 Å². The van der Waals surface area contributed by atoms with Gasteiger partial charge >= 0.3 is 0 Å². The molecule has 1 atom stereocenters. The van der Waals surface area contributed by atoms with E-state index in [0.717, 1.165) is 44.1 Å². The van der Waals surface area contributed by atoms with E-state index in [2.05, 4.69) is 21.9 Å². The van der Waals surface area contributed by atoms with Crippen LogP contribution in [0.2, 0.25) is 5.02 Å². The standard InChI is InChI=1S/C28H36ClN5O3/c29-23-8-6-22(7-9-23)20-25(30)26(35)32-12-10-28(11-13-32)27(36)33(15-14-31-16-18-37-19-17-31)21-34(28)24-4-2-1-3-5-24/h1-9,25H,10-21,30H2/t25-/m1/s1. The highest BCUT2D eigenvalue weighted by Crippen LogP contribution is 2.39. The maximum absolute atomic E-state index is 13.9. The van der Waals surface area contributed by atoms with Crippen LogP contribution in [0.5, 0.6) is 0 Å². The number of halogens is 1. The first-order valence-electron chi connectivity index (χ1n) is 13.2. The number of nitrogens with two attached hydrogens (primary N) is 1. The summed E-state index contributed by atoms with van der Waals surface area (Å²) in [4.78, 5) is 35.6. The van der Waals surface area contributed by atoms with Crippen molar-refractivity contribution in [1.29, 1.82) is 0 Å². The van der Waals surface area contributed by atoms with Crippen LogP contribution < -0.4 is 10.6 Å². The number of ether oxygens (including phenoxy) is 1. The van der Waals surface area contributed by atoms with Crippen LogP contribution in [0.3, 0.4) is 0 Å². The van der Waals surface area contributed by atoms with Crippen LogP contribution in [0, 0.1) is 0 Å². The van der Waals surface area contributed by atoms with E-state index >= 15 is 0 Å². The van der Waals surface area contributed by atoms with Crippen molar-refractivity contribution in [2.45, 2.75) is 30.8 Å². The Morgan fingerprint density at radius 1 is 0.973 bits per heavy atom. The summed E-state index contributed by atoms with van der Waals surface area (Å²) < 4.78 is 5.46. The lowest BCUT2D eigenvalue weighted by Crippen LogP contribution is -2.59. The molecule has 5 rings (SSSR count). The fraction of sp³-hybridized carbons (Fsp3) is 0.500. The highest BCUT2D eigenvalue weighted by atomic mass is 35.5. The van der Waals surface area contributed by atoms with Gasteiger partial charge in [-0.05, 0) is 49.1 Å². The minimum absolute atomic E-state index is 0.0642. The zero-order valence-electron chi connectivity index (χ0n) is 21.2. The van der Waals surface area contributed by atoms with Crippen LogP contribution in [0.1, 0.15) is 18.4 Å². The zero-order valence-corrected chi connectivity index (χ0v) is 22.0. The lowest BCUT2D eigenvalue weighted by Gasteiger charge is -2.43. The summed E-state index contributed by atoms with van der Waals surface area (Å²) in [5, 5.41) is 0.660. The van der Waals surface area contributed by atoms with Gasteiger partial charge in [-0.2, -0.15) is 0 Å². The van der Waals surface area contributed by atoms with Crippen LogP contribution >= 0.6 is 11.6 Å². The highest BCUT2D eigenvalue weighted by Gasteiger charge is 2.54. The van der Waals surface area contributed by atoms with E-state index in [1.54, 1.807) is 0 Å². The predicted molar refractivity (Wildman–Crippen MR) is 144 cm³/mol. The number of para-hydroxylation sites is 1. The molecule has 0 saturated carbocycles. The van der Waals surface area contributed by atoms with E-state index in [4.69, 9.17) is 22.1 Å². The Hall–Kier alpha value is -2.65. The SMILES string of the molecule is N[C@H](Cc1ccc(Cl)cc1)C(=O)N1CCC2(CC1)C(=O)N(CCN1CCOCC1)CN2c1ccccc1. The van der Waals surface area contributed by atoms with Gasteiger partial charge in [-0.25, -0.2) is 0 Å². The molecular weight excluding hydrogens is 490 g/mol. The molecule has 37 heavy (non-hydrogen) atoms. The largest absolute Gasteiger partial charge is 0.379 e. The van der Waals surface area contributed by atoms with E-state index < -0.39 is 11.6 Å². The number of carbonyl (C=O) groups is 2. The second-order valence-corrected chi connectivity index (χ2v) is 10.7. The molecule has 1 spiro atoms. The van der Waals surface area contributed by atoms with Gasteiger partial charge in [-0.15, -0.1) is 0 Å². The third kappa shape index (κ3) is 5.62. The Labute approximate surface area is 223 Å². The third-order valence-electron chi connectivity index (χ3n) is 7.96. The number of hydrogen-bond acceptors (Lipinski definition) is 6. The summed E-state index contributed by atoms with van der Waals surface area (Å²) in [5.74, 6) is 0.104. The van der Waals surface area contributed by atoms with E-state index in [1.165, 1.54) is 0 Å². The third-order valence-corrected chi connectivity index (χ3v) is 8.21. The molecule has 9 heteroatoms. The van der Waals surface area contributed by atoms with Crippen molar-refractivity contribution < 1.29 is 14.3 Å². The molecule has 0 aromatic heterocycles. The van der Waals surface area contributed by atoms with E-state index in [1.807, 2.05) is 52.3 Å². The lowest BCUT2D eigenvalue weighted by molar-refractivity contribution is -0.139. The summed E-state index contributed by atoms with van der Waals surface area (Å²) >= 11 is 5.98. The summed E-state index contributed by atoms with van der Waals surface area (Å²) in [6.45, 7) is 6.44. The van der Waals surface area contributed by atoms with Crippen molar-refractivity contribution in [3.63, 3.8) is 0 Å². The Morgan fingerprint density at radius 3 is 2.32 bits per heavy atom. The number of likely N-dealkylation sites (tertiary alicyclic amines) is 1. The molecular formula is C28H36ClN5O3. The number of rotatable bonds is 7. The van der Waals surface area contributed by atoms with Crippen molar-refractivity contribution in [3.05, 3.63) is 65.2 Å². The minimum Gasteiger partial charge on any atom is -0.379 e. The Morgan fingerprint density at radius 2 is 1.65 bits per heavy atom. The van der Waals surface area contributed by atoms with Gasteiger partial charge in [0.25, 0.3) is 0 Å². The molecule has 3 fully saturated rings. The van der Waals surface area contributed by atoms with Gasteiger partial charge in [-0.3, -0.25) is 14.5 Å². The van der Waals surface area contributed by atoms with Crippen molar-refractivity contribution in [1.82, 2.24) is 14.7 Å². The van der Waals surface area contributed by atoms with Crippen molar-refractivity contribution in [3.8, 4) is 0 Å². The van der Waals surface area contributed by atoms with Gasteiger partial charge in [-0.1, -0.05) is 41.9 Å². The van der Waals surface area contributed by atoms with Crippen LogP contribution in [0.25, 0.3) is 0 Å². The first-order valence-corrected chi connectivity index (χ1v) is 13.5. The molecule has 198 valence electrons. The second-order valence-electron chi connectivity index (χ2n) is 10.2. The predicted octanol–water partition coefficient (Wildman–Crippen LogP) is 2.21. The number of benzene rings is 2. The minimum atomic E-state index is -0.635. The van der Waals surface area contributed by atoms with Gasteiger partial charge in [0.15, 0.2) is 0 Å². The topological polar surface area (TPSA) is 82.3 Å². The van der Waals surface area contributed by atoms with Crippen LogP contribution in [-0.4, -0.2) is 97.2 Å². The molecule has 3 heterocycles. The zero-order chi connectivity index (χ0) is 25.8. The summed E-state index contributed by atoms with van der Waals surface area (Å²) in [6.07, 6.45) is 1.64. The van der Waals surface area contributed by atoms with Gasteiger partial charge in [0.1, 0.15) is 5.54 Å². The fourth-order valence-corrected chi connectivity index (χ4v) is 5.88. The Bertz CT molecular complexity index is 1070. The monoisotopic (exact) mass is 525 g/mol. The maximum Gasteiger partial charge on any atom is 0.250 e. The Kier molecular flexibility index (Phi) is 8.00. The molecule has 3 saturated heterocycles. The maximum atomic E-state index is 13.9.